The highest BCUT2D eigenvalue weighted by atomic mass is 31.2. The molecule has 0 spiro atoms. The fourth-order valence-corrected chi connectivity index (χ4v) is 6.04. The molecular formula is C26H30F2N5O7P. The van der Waals surface area contributed by atoms with Crippen molar-refractivity contribution in [3.05, 3.63) is 42.9 Å². The van der Waals surface area contributed by atoms with Crippen LogP contribution in [0.15, 0.2) is 42.9 Å². The van der Waals surface area contributed by atoms with Gasteiger partial charge in [0.2, 0.25) is 11.6 Å². The summed E-state index contributed by atoms with van der Waals surface area (Å²) < 4.78 is 66.7. The number of carbonyl (C=O) groups excluding carboxylic acids is 1. The lowest BCUT2D eigenvalue weighted by atomic mass is 9.96. The highest BCUT2D eigenvalue weighted by molar-refractivity contribution is 7.54. The first-order valence-corrected chi connectivity index (χ1v) is 14.4. The lowest BCUT2D eigenvalue weighted by Gasteiger charge is -2.25. The average molecular weight is 594 g/mol. The number of imidazole rings is 1. The quantitative estimate of drug-likeness (QED) is 0.202. The Morgan fingerprint density at radius 3 is 2.71 bits per heavy atom. The van der Waals surface area contributed by atoms with Crippen molar-refractivity contribution in [2.24, 2.45) is 5.92 Å². The molecule has 1 fully saturated rings. The first-order valence-electron chi connectivity index (χ1n) is 12.7. The minimum Gasteiger partial charge on any atom is -0.463 e. The number of alkyl halides is 2. The van der Waals surface area contributed by atoms with Crippen LogP contribution in [0.2, 0.25) is 0 Å². The molecule has 0 saturated carbocycles. The third-order valence-corrected chi connectivity index (χ3v) is 8.08. The molecule has 1 aliphatic heterocycles. The predicted molar refractivity (Wildman–Crippen MR) is 143 cm³/mol. The van der Waals surface area contributed by atoms with Crippen molar-refractivity contribution in [2.45, 2.75) is 51.0 Å². The Bertz CT molecular complexity index is 1480. The second kappa shape index (κ2) is 12.5. The summed E-state index contributed by atoms with van der Waals surface area (Å²) in [6.07, 6.45) is -3.39. The molecule has 1 saturated heterocycles. The van der Waals surface area contributed by atoms with Crippen LogP contribution in [0, 0.1) is 17.8 Å². The molecule has 1 aromatic carbocycles. The molecule has 3 aromatic rings. The van der Waals surface area contributed by atoms with Gasteiger partial charge in [0.15, 0.2) is 11.9 Å². The number of hydrogen-bond donors (Lipinski definition) is 2. The fourth-order valence-electron chi connectivity index (χ4n) is 4.17. The molecule has 6 atom stereocenters. The van der Waals surface area contributed by atoms with Crippen LogP contribution in [0.5, 0.6) is 5.75 Å². The Balaban J connectivity index is 1.61. The first kappa shape index (κ1) is 30.3. The van der Waals surface area contributed by atoms with Gasteiger partial charge in [0.25, 0.3) is 0 Å². The van der Waals surface area contributed by atoms with E-state index in [2.05, 4.69) is 20.9 Å². The number of halogens is 2. The van der Waals surface area contributed by atoms with Crippen LogP contribution in [0.1, 0.15) is 27.0 Å². The van der Waals surface area contributed by atoms with Crippen molar-refractivity contribution in [2.75, 3.05) is 25.2 Å². The minimum atomic E-state index is -4.13. The predicted octanol–water partition coefficient (Wildman–Crippen LogP) is 3.22. The summed E-state index contributed by atoms with van der Waals surface area (Å²) in [6, 6.07) is 8.11. The van der Waals surface area contributed by atoms with E-state index in [0.717, 1.165) is 4.57 Å². The van der Waals surface area contributed by atoms with E-state index in [0.29, 0.717) is 0 Å². The van der Waals surface area contributed by atoms with Crippen LogP contribution in [-0.4, -0.2) is 74.0 Å². The second-order valence-corrected chi connectivity index (χ2v) is 11.7. The Morgan fingerprint density at radius 2 is 2.02 bits per heavy atom. The molecule has 2 aromatic heterocycles. The summed E-state index contributed by atoms with van der Waals surface area (Å²) in [4.78, 5) is 24.4. The Kier molecular flexibility index (Phi) is 9.24. The van der Waals surface area contributed by atoms with Gasteiger partial charge in [0.1, 0.15) is 30.1 Å². The lowest BCUT2D eigenvalue weighted by molar-refractivity contribution is -0.151. The monoisotopic (exact) mass is 593 g/mol. The van der Waals surface area contributed by atoms with Gasteiger partial charge in [0, 0.05) is 0 Å². The van der Waals surface area contributed by atoms with Crippen LogP contribution in [0.4, 0.5) is 14.7 Å². The minimum absolute atomic E-state index is 0.0796. The number of nitrogens with zero attached hydrogens (tertiary/aromatic N) is 4. The molecule has 0 aliphatic carbocycles. The molecule has 4 rings (SSSR count). The standard InChI is InChI=1S/C26H30F2N5O7P/c1-16(2)38-23(35)17(3)14-41(36,40-18-8-5-4-6-9-18)37-13-20-21(34)26(28,10-7-11-27)24(39-20)33-15-31-19-12-30-25(29)32-22(19)33/h4-6,8-9,12,15-17,20-21,24,34H,11,13-14H2,1-3H3,(H2,29,30,32)/t17-,20-,21+,24-,26?,41+/m1/s1. The van der Waals surface area contributed by atoms with Crippen LogP contribution >= 0.6 is 7.60 Å². The number of rotatable bonds is 10. The SMILES string of the molecule is CC(C)OC(=O)[C@H](C)C[P@](=O)(OC[C@H]1O[C@@H](n2cnc3cnc(N)nc32)C(F)(C#CCF)[C@H]1O)Oc1ccccc1. The summed E-state index contributed by atoms with van der Waals surface area (Å²) in [7, 11) is -4.13. The van der Waals surface area contributed by atoms with Crippen molar-refractivity contribution in [3.8, 4) is 17.6 Å². The summed E-state index contributed by atoms with van der Waals surface area (Å²) in [5, 5.41) is 11.0. The van der Waals surface area contributed by atoms with Crippen molar-refractivity contribution < 1.29 is 41.8 Å². The van der Waals surface area contributed by atoms with E-state index in [1.807, 2.05) is 5.92 Å². The summed E-state index contributed by atoms with van der Waals surface area (Å²) in [6.45, 7) is 3.03. The molecule has 0 bridgehead atoms. The molecule has 15 heteroatoms. The third kappa shape index (κ3) is 6.82. The number of aliphatic hydroxyl groups excluding tert-OH is 1. The van der Waals surface area contributed by atoms with Crippen molar-refractivity contribution >= 4 is 30.7 Å². The normalized spacial score (nSPS) is 24.4. The van der Waals surface area contributed by atoms with Crippen LogP contribution in [0.25, 0.3) is 11.2 Å². The van der Waals surface area contributed by atoms with Crippen molar-refractivity contribution in [1.29, 1.82) is 0 Å². The molecular weight excluding hydrogens is 563 g/mol. The van der Waals surface area contributed by atoms with E-state index in [4.69, 9.17) is 24.3 Å². The van der Waals surface area contributed by atoms with Crippen molar-refractivity contribution in [1.82, 2.24) is 19.5 Å². The van der Waals surface area contributed by atoms with Gasteiger partial charge in [0.05, 0.1) is 37.3 Å². The first-order chi connectivity index (χ1) is 19.5. The van der Waals surface area contributed by atoms with Gasteiger partial charge in [-0.2, -0.15) is 4.98 Å². The number of ether oxygens (including phenoxy) is 2. The Morgan fingerprint density at radius 1 is 1.29 bits per heavy atom. The molecule has 0 amide bonds. The van der Waals surface area contributed by atoms with E-state index in [1.165, 1.54) is 19.4 Å². The largest absolute Gasteiger partial charge is 0.463 e. The fraction of sp³-hybridized carbons (Fsp3) is 0.462. The van der Waals surface area contributed by atoms with Gasteiger partial charge < -0.3 is 24.8 Å². The molecule has 41 heavy (non-hydrogen) atoms. The maximum atomic E-state index is 16.3. The zero-order valence-electron chi connectivity index (χ0n) is 22.5. The highest BCUT2D eigenvalue weighted by Crippen LogP contribution is 2.51. The smallest absolute Gasteiger partial charge is 0.380 e. The topological polar surface area (TPSA) is 161 Å². The van der Waals surface area contributed by atoms with Crippen LogP contribution < -0.4 is 10.3 Å². The molecule has 3 heterocycles. The van der Waals surface area contributed by atoms with E-state index in [-0.39, 0.29) is 29.0 Å². The Labute approximate surface area is 234 Å². The molecule has 3 N–H and O–H groups in total. The third-order valence-electron chi connectivity index (χ3n) is 6.05. The van der Waals surface area contributed by atoms with Gasteiger partial charge in [-0.05, 0) is 26.0 Å². The number of aromatic nitrogens is 4. The van der Waals surface area contributed by atoms with E-state index in [1.54, 1.807) is 44.2 Å². The highest BCUT2D eigenvalue weighted by Gasteiger charge is 2.58. The number of fused-ring (bicyclic) bond motifs is 1. The van der Waals surface area contributed by atoms with Gasteiger partial charge in [-0.1, -0.05) is 37.0 Å². The molecule has 220 valence electrons. The van der Waals surface area contributed by atoms with Crippen molar-refractivity contribution in [3.63, 3.8) is 0 Å². The van der Waals surface area contributed by atoms with Crippen LogP contribution in [-0.2, 0) is 23.4 Å². The van der Waals surface area contributed by atoms with Gasteiger partial charge >= 0.3 is 13.6 Å². The number of anilines is 1. The summed E-state index contributed by atoms with van der Waals surface area (Å²) >= 11 is 0. The zero-order valence-corrected chi connectivity index (χ0v) is 23.4. The molecule has 0 radical (unpaired) electrons. The summed E-state index contributed by atoms with van der Waals surface area (Å²) in [5.74, 6) is 2.66. The number of nitrogens with two attached hydrogens (primary N) is 1. The van der Waals surface area contributed by atoms with E-state index >= 15 is 4.39 Å². The maximum absolute atomic E-state index is 16.3. The number of hydrogen-bond acceptors (Lipinski definition) is 11. The molecule has 12 nitrogen and oxygen atoms in total. The molecule has 1 aliphatic rings. The average Bonchev–Trinajstić information content (AvgIpc) is 3.44. The van der Waals surface area contributed by atoms with Gasteiger partial charge in [-0.3, -0.25) is 13.9 Å². The number of para-hydroxylation sites is 1. The Hall–Kier alpha value is -3.63. The lowest BCUT2D eigenvalue weighted by Crippen LogP contribution is -2.42. The van der Waals surface area contributed by atoms with Crippen LogP contribution in [0.3, 0.4) is 0 Å². The number of carbonyl (C=O) groups is 1. The number of aliphatic hydroxyl groups is 1. The maximum Gasteiger partial charge on any atom is 0.380 e. The second-order valence-electron chi connectivity index (χ2n) is 9.64. The zero-order chi connectivity index (χ0) is 29.8. The number of benzene rings is 1. The van der Waals surface area contributed by atoms with E-state index in [9.17, 15) is 18.9 Å². The van der Waals surface area contributed by atoms with Gasteiger partial charge in [-0.25, -0.2) is 23.3 Å². The van der Waals surface area contributed by atoms with Gasteiger partial charge in [-0.15, -0.1) is 0 Å². The van der Waals surface area contributed by atoms with E-state index < -0.39 is 63.0 Å². The summed E-state index contributed by atoms with van der Waals surface area (Å²) in [5.41, 5.74) is 3.15. The number of esters is 1. The number of nitrogen functional groups attached to an aromatic ring is 1. The molecule has 1 unspecified atom stereocenters.